The Hall–Kier alpha value is -3.42. The van der Waals surface area contributed by atoms with E-state index in [-0.39, 0.29) is 29.2 Å². The minimum absolute atomic E-state index is 0.0827. The molecule has 1 amide bonds. The molecule has 0 aliphatic carbocycles. The third kappa shape index (κ3) is 7.06. The number of amides is 1. The zero-order valence-corrected chi connectivity index (χ0v) is 21.5. The zero-order chi connectivity index (χ0) is 26.1. The van der Waals surface area contributed by atoms with Gasteiger partial charge in [0.2, 0.25) is 5.75 Å². The van der Waals surface area contributed by atoms with Gasteiger partial charge >= 0.3 is 11.9 Å². The fourth-order valence-corrected chi connectivity index (χ4v) is 4.95. The molecule has 8 nitrogen and oxygen atoms in total. The number of rotatable bonds is 8. The van der Waals surface area contributed by atoms with Gasteiger partial charge in [0.15, 0.2) is 11.4 Å². The third-order valence-corrected chi connectivity index (χ3v) is 6.69. The SMILES string of the molecule is CCCC1CCCC(NC(=O)c2nccc(OC)c2OC(C)=O)C(=O)OC(C)C1Cc1ccccc1. The number of carbonyl (C=O) groups excluding carboxylic acids is 3. The molecule has 1 aliphatic heterocycles. The first-order chi connectivity index (χ1) is 17.3. The number of carbonyl (C=O) groups is 3. The van der Waals surface area contributed by atoms with E-state index in [1.54, 1.807) is 0 Å². The molecule has 1 aromatic heterocycles. The average molecular weight is 497 g/mol. The molecule has 0 spiro atoms. The first-order valence-electron chi connectivity index (χ1n) is 12.6. The van der Waals surface area contributed by atoms with Gasteiger partial charge in [0, 0.05) is 25.1 Å². The molecule has 1 fully saturated rings. The largest absolute Gasteiger partial charge is 0.493 e. The Labute approximate surface area is 212 Å². The number of hydrogen-bond acceptors (Lipinski definition) is 7. The summed E-state index contributed by atoms with van der Waals surface area (Å²) >= 11 is 0. The van der Waals surface area contributed by atoms with Crippen molar-refractivity contribution in [2.24, 2.45) is 11.8 Å². The smallest absolute Gasteiger partial charge is 0.328 e. The summed E-state index contributed by atoms with van der Waals surface area (Å²) in [5.74, 6) is -1.02. The van der Waals surface area contributed by atoms with E-state index in [0.29, 0.717) is 12.3 Å². The maximum Gasteiger partial charge on any atom is 0.328 e. The van der Waals surface area contributed by atoms with Gasteiger partial charge < -0.3 is 19.5 Å². The number of ether oxygens (including phenoxy) is 3. The van der Waals surface area contributed by atoms with Crippen molar-refractivity contribution in [2.45, 2.75) is 71.4 Å². The molecule has 1 aliphatic rings. The predicted molar refractivity (Wildman–Crippen MR) is 135 cm³/mol. The fourth-order valence-electron chi connectivity index (χ4n) is 4.95. The maximum atomic E-state index is 13.2. The van der Waals surface area contributed by atoms with Crippen LogP contribution in [0.2, 0.25) is 0 Å². The molecule has 2 heterocycles. The molecule has 194 valence electrons. The summed E-state index contributed by atoms with van der Waals surface area (Å²) in [4.78, 5) is 42.0. The van der Waals surface area contributed by atoms with E-state index in [9.17, 15) is 14.4 Å². The molecular formula is C28H36N2O6. The first-order valence-corrected chi connectivity index (χ1v) is 12.6. The van der Waals surface area contributed by atoms with E-state index in [1.165, 1.54) is 31.9 Å². The number of nitrogens with one attached hydrogen (secondary N) is 1. The van der Waals surface area contributed by atoms with Crippen molar-refractivity contribution in [2.75, 3.05) is 7.11 Å². The van der Waals surface area contributed by atoms with Gasteiger partial charge in [-0.05, 0) is 37.7 Å². The number of hydrogen-bond donors (Lipinski definition) is 1. The number of benzene rings is 1. The topological polar surface area (TPSA) is 104 Å². The number of pyridine rings is 1. The van der Waals surface area contributed by atoms with Crippen molar-refractivity contribution >= 4 is 17.8 Å². The minimum atomic E-state index is -0.837. The number of esters is 2. The number of aromatic nitrogens is 1. The van der Waals surface area contributed by atoms with Gasteiger partial charge in [-0.2, -0.15) is 0 Å². The second-order valence-electron chi connectivity index (χ2n) is 9.29. The van der Waals surface area contributed by atoms with Crippen LogP contribution in [0.1, 0.15) is 68.9 Å². The van der Waals surface area contributed by atoms with Crippen LogP contribution in [0.3, 0.4) is 0 Å². The van der Waals surface area contributed by atoms with Gasteiger partial charge in [0.25, 0.3) is 5.91 Å². The van der Waals surface area contributed by atoms with E-state index < -0.39 is 23.9 Å². The van der Waals surface area contributed by atoms with Crippen LogP contribution in [0.15, 0.2) is 42.6 Å². The summed E-state index contributed by atoms with van der Waals surface area (Å²) < 4.78 is 16.4. The highest BCUT2D eigenvalue weighted by Gasteiger charge is 2.34. The molecule has 0 bridgehead atoms. The van der Waals surface area contributed by atoms with Crippen LogP contribution in [0.5, 0.6) is 11.5 Å². The molecule has 0 radical (unpaired) electrons. The van der Waals surface area contributed by atoms with Gasteiger partial charge in [-0.1, -0.05) is 56.5 Å². The summed E-state index contributed by atoms with van der Waals surface area (Å²) in [7, 11) is 1.40. The minimum Gasteiger partial charge on any atom is -0.493 e. The first kappa shape index (κ1) is 27.2. The number of cyclic esters (lactones) is 1. The second-order valence-corrected chi connectivity index (χ2v) is 9.29. The molecule has 4 unspecified atom stereocenters. The molecular weight excluding hydrogens is 460 g/mol. The fraction of sp³-hybridized carbons (Fsp3) is 0.500. The summed E-state index contributed by atoms with van der Waals surface area (Å²) in [5.41, 5.74) is 1.09. The monoisotopic (exact) mass is 496 g/mol. The standard InChI is InChI=1S/C28H36N2O6/c1-5-10-21-13-9-14-23(28(33)35-18(2)22(21)17-20-11-7-6-8-12-20)30-27(32)25-26(36-19(3)31)24(34-4)15-16-29-25/h6-8,11-12,15-16,18,21-23H,5,9-10,13-14,17H2,1-4H3,(H,30,32). The van der Waals surface area contributed by atoms with Crippen LogP contribution >= 0.6 is 0 Å². The number of nitrogens with zero attached hydrogens (tertiary/aromatic N) is 1. The highest BCUT2D eigenvalue weighted by Crippen LogP contribution is 2.33. The van der Waals surface area contributed by atoms with Crippen molar-refractivity contribution in [3.05, 3.63) is 53.9 Å². The van der Waals surface area contributed by atoms with Crippen molar-refractivity contribution in [1.29, 1.82) is 0 Å². The lowest BCUT2D eigenvalue weighted by Gasteiger charge is -2.31. The van der Waals surface area contributed by atoms with E-state index in [4.69, 9.17) is 14.2 Å². The highest BCUT2D eigenvalue weighted by atomic mass is 16.6. The van der Waals surface area contributed by atoms with Crippen molar-refractivity contribution in [1.82, 2.24) is 10.3 Å². The lowest BCUT2D eigenvalue weighted by molar-refractivity contribution is -0.153. The summed E-state index contributed by atoms with van der Waals surface area (Å²) in [6, 6.07) is 10.9. The maximum absolute atomic E-state index is 13.2. The van der Waals surface area contributed by atoms with Crippen LogP contribution in [0, 0.1) is 11.8 Å². The van der Waals surface area contributed by atoms with Crippen molar-refractivity contribution < 1.29 is 28.6 Å². The second kappa shape index (κ2) is 13.0. The Balaban J connectivity index is 1.80. The van der Waals surface area contributed by atoms with E-state index in [2.05, 4.69) is 29.4 Å². The molecule has 3 rings (SSSR count). The van der Waals surface area contributed by atoms with E-state index in [1.807, 2.05) is 25.1 Å². The van der Waals surface area contributed by atoms with Gasteiger partial charge in [0.1, 0.15) is 12.1 Å². The molecule has 8 heteroatoms. The quantitative estimate of drug-likeness (QED) is 0.537. The molecule has 2 aromatic rings. The highest BCUT2D eigenvalue weighted by molar-refractivity contribution is 5.98. The van der Waals surface area contributed by atoms with Gasteiger partial charge in [-0.15, -0.1) is 0 Å². The zero-order valence-electron chi connectivity index (χ0n) is 21.5. The predicted octanol–water partition coefficient (Wildman–Crippen LogP) is 4.50. The van der Waals surface area contributed by atoms with Crippen LogP contribution in [0.4, 0.5) is 0 Å². The Morgan fingerprint density at radius 2 is 1.92 bits per heavy atom. The summed E-state index contributed by atoms with van der Waals surface area (Å²) in [6.07, 6.45) is 6.16. The van der Waals surface area contributed by atoms with Gasteiger partial charge in [-0.3, -0.25) is 9.59 Å². The average Bonchev–Trinajstić information content (AvgIpc) is 2.90. The lowest BCUT2D eigenvalue weighted by Crippen LogP contribution is -2.43. The molecule has 1 aromatic carbocycles. The van der Waals surface area contributed by atoms with E-state index >= 15 is 0 Å². The molecule has 0 saturated carbocycles. The van der Waals surface area contributed by atoms with E-state index in [0.717, 1.165) is 32.1 Å². The lowest BCUT2D eigenvalue weighted by atomic mass is 9.78. The molecule has 1 saturated heterocycles. The molecule has 36 heavy (non-hydrogen) atoms. The van der Waals surface area contributed by atoms with Crippen LogP contribution in [-0.2, 0) is 20.7 Å². The summed E-state index contributed by atoms with van der Waals surface area (Å²) in [6.45, 7) is 5.35. The normalized spacial score (nSPS) is 22.4. The third-order valence-electron chi connectivity index (χ3n) is 6.69. The van der Waals surface area contributed by atoms with Crippen molar-refractivity contribution in [3.8, 4) is 11.5 Å². The Bertz CT molecular complexity index is 1040. The summed E-state index contributed by atoms with van der Waals surface area (Å²) in [5, 5.41) is 2.75. The Kier molecular flexibility index (Phi) is 9.85. The Morgan fingerprint density at radius 1 is 1.17 bits per heavy atom. The van der Waals surface area contributed by atoms with Crippen LogP contribution < -0.4 is 14.8 Å². The Morgan fingerprint density at radius 3 is 2.58 bits per heavy atom. The molecule has 1 N–H and O–H groups in total. The molecule has 4 atom stereocenters. The van der Waals surface area contributed by atoms with Crippen LogP contribution in [-0.4, -0.2) is 42.1 Å². The van der Waals surface area contributed by atoms with Gasteiger partial charge in [-0.25, -0.2) is 9.78 Å². The van der Waals surface area contributed by atoms with Gasteiger partial charge in [0.05, 0.1) is 7.11 Å². The number of methoxy groups -OCH3 is 1. The van der Waals surface area contributed by atoms with Crippen molar-refractivity contribution in [3.63, 3.8) is 0 Å². The van der Waals surface area contributed by atoms with Crippen LogP contribution in [0.25, 0.3) is 0 Å².